The standard InChI is InChI=1S/C23H29ClN4O/c24-20-5-4-8-22(15-20)27-13-11-26(12-14-27)18-23(29)25-16-19-9-10-28(17-19)21-6-2-1-3-7-21/h1-8,15,19H,9-14,16-18H2,(H,25,29). The maximum Gasteiger partial charge on any atom is 0.234 e. The summed E-state index contributed by atoms with van der Waals surface area (Å²) in [6.45, 7) is 6.96. The molecule has 1 unspecified atom stereocenters. The van der Waals surface area contributed by atoms with Gasteiger partial charge >= 0.3 is 0 Å². The smallest absolute Gasteiger partial charge is 0.234 e. The number of carbonyl (C=O) groups excluding carboxylic acids is 1. The fraction of sp³-hybridized carbons (Fsp3) is 0.435. The molecule has 4 rings (SSSR count). The molecule has 0 aliphatic carbocycles. The van der Waals surface area contributed by atoms with Gasteiger partial charge in [-0.1, -0.05) is 35.9 Å². The highest BCUT2D eigenvalue weighted by Gasteiger charge is 2.24. The molecular weight excluding hydrogens is 384 g/mol. The van der Waals surface area contributed by atoms with E-state index >= 15 is 0 Å². The summed E-state index contributed by atoms with van der Waals surface area (Å²) in [5.74, 6) is 0.665. The maximum absolute atomic E-state index is 12.4. The summed E-state index contributed by atoms with van der Waals surface area (Å²) in [4.78, 5) is 19.4. The lowest BCUT2D eigenvalue weighted by molar-refractivity contribution is -0.122. The van der Waals surface area contributed by atoms with Gasteiger partial charge in [0.1, 0.15) is 0 Å². The fourth-order valence-corrected chi connectivity index (χ4v) is 4.41. The molecule has 0 aromatic heterocycles. The summed E-state index contributed by atoms with van der Waals surface area (Å²) in [6, 6.07) is 18.5. The SMILES string of the molecule is O=C(CN1CCN(c2cccc(Cl)c2)CC1)NCC1CCN(c2ccccc2)C1. The van der Waals surface area contributed by atoms with Crippen molar-refractivity contribution in [3.63, 3.8) is 0 Å². The van der Waals surface area contributed by atoms with Crippen molar-refractivity contribution in [1.82, 2.24) is 10.2 Å². The van der Waals surface area contributed by atoms with E-state index < -0.39 is 0 Å². The molecule has 0 saturated carbocycles. The number of para-hydroxylation sites is 1. The third kappa shape index (κ3) is 5.43. The van der Waals surface area contributed by atoms with E-state index in [-0.39, 0.29) is 5.91 Å². The number of piperazine rings is 1. The molecule has 2 aliphatic heterocycles. The quantitative estimate of drug-likeness (QED) is 0.791. The Bertz CT molecular complexity index is 808. The highest BCUT2D eigenvalue weighted by molar-refractivity contribution is 6.30. The van der Waals surface area contributed by atoms with Crippen LogP contribution in [-0.2, 0) is 4.79 Å². The molecule has 1 amide bonds. The minimum absolute atomic E-state index is 0.138. The van der Waals surface area contributed by atoms with E-state index in [2.05, 4.69) is 50.3 Å². The number of rotatable bonds is 6. The number of halogens is 1. The zero-order chi connectivity index (χ0) is 20.1. The molecule has 6 heteroatoms. The van der Waals surface area contributed by atoms with Gasteiger partial charge in [0.2, 0.25) is 5.91 Å². The molecule has 2 aliphatic rings. The Kier molecular flexibility index (Phi) is 6.57. The van der Waals surface area contributed by atoms with E-state index in [4.69, 9.17) is 11.6 Å². The molecule has 1 N–H and O–H groups in total. The van der Waals surface area contributed by atoms with Crippen LogP contribution in [0.1, 0.15) is 6.42 Å². The number of carbonyl (C=O) groups is 1. The van der Waals surface area contributed by atoms with Crippen molar-refractivity contribution in [2.24, 2.45) is 5.92 Å². The predicted octanol–water partition coefficient (Wildman–Crippen LogP) is 3.10. The zero-order valence-electron chi connectivity index (χ0n) is 16.8. The average molecular weight is 413 g/mol. The van der Waals surface area contributed by atoms with Crippen molar-refractivity contribution in [1.29, 1.82) is 0 Å². The van der Waals surface area contributed by atoms with Crippen molar-refractivity contribution in [3.05, 3.63) is 59.6 Å². The molecule has 1 atom stereocenters. The summed E-state index contributed by atoms with van der Waals surface area (Å²) < 4.78 is 0. The summed E-state index contributed by atoms with van der Waals surface area (Å²) in [7, 11) is 0. The van der Waals surface area contributed by atoms with Crippen molar-refractivity contribution >= 4 is 28.9 Å². The van der Waals surface area contributed by atoms with Gasteiger partial charge in [-0.2, -0.15) is 0 Å². The van der Waals surface area contributed by atoms with Crippen molar-refractivity contribution in [3.8, 4) is 0 Å². The Morgan fingerprint density at radius 3 is 2.45 bits per heavy atom. The van der Waals surface area contributed by atoms with Gasteiger partial charge in [-0.3, -0.25) is 9.69 Å². The first-order valence-corrected chi connectivity index (χ1v) is 10.8. The van der Waals surface area contributed by atoms with Crippen molar-refractivity contribution < 1.29 is 4.79 Å². The molecule has 0 spiro atoms. The topological polar surface area (TPSA) is 38.8 Å². The van der Waals surface area contributed by atoms with E-state index in [0.717, 1.165) is 62.9 Å². The lowest BCUT2D eigenvalue weighted by atomic mass is 10.1. The van der Waals surface area contributed by atoms with Crippen LogP contribution in [-0.4, -0.2) is 63.2 Å². The number of amides is 1. The van der Waals surface area contributed by atoms with Gasteiger partial charge in [-0.15, -0.1) is 0 Å². The number of hydrogen-bond acceptors (Lipinski definition) is 4. The summed E-state index contributed by atoms with van der Waals surface area (Å²) in [5.41, 5.74) is 2.43. The molecule has 154 valence electrons. The zero-order valence-corrected chi connectivity index (χ0v) is 17.5. The molecule has 5 nitrogen and oxygen atoms in total. The lowest BCUT2D eigenvalue weighted by Crippen LogP contribution is -2.49. The fourth-order valence-electron chi connectivity index (χ4n) is 4.23. The minimum atomic E-state index is 0.138. The van der Waals surface area contributed by atoms with Crippen LogP contribution in [0.5, 0.6) is 0 Å². The van der Waals surface area contributed by atoms with Gasteiger partial charge in [-0.25, -0.2) is 0 Å². The second-order valence-corrected chi connectivity index (χ2v) is 8.42. The molecule has 0 radical (unpaired) electrons. The van der Waals surface area contributed by atoms with Crippen LogP contribution in [0.4, 0.5) is 11.4 Å². The highest BCUT2D eigenvalue weighted by atomic mass is 35.5. The highest BCUT2D eigenvalue weighted by Crippen LogP contribution is 2.23. The molecule has 29 heavy (non-hydrogen) atoms. The summed E-state index contributed by atoms with van der Waals surface area (Å²) in [6.07, 6.45) is 1.13. The number of nitrogens with zero attached hydrogens (tertiary/aromatic N) is 3. The number of anilines is 2. The summed E-state index contributed by atoms with van der Waals surface area (Å²) in [5, 5.41) is 3.92. The van der Waals surface area contributed by atoms with Gasteiger partial charge < -0.3 is 15.1 Å². The normalized spacial score (nSPS) is 20.1. The Morgan fingerprint density at radius 2 is 1.69 bits per heavy atom. The average Bonchev–Trinajstić information content (AvgIpc) is 3.23. The largest absolute Gasteiger partial charge is 0.371 e. The molecule has 2 heterocycles. The van der Waals surface area contributed by atoms with E-state index in [1.807, 2.05) is 24.3 Å². The minimum Gasteiger partial charge on any atom is -0.371 e. The van der Waals surface area contributed by atoms with Crippen LogP contribution in [0.15, 0.2) is 54.6 Å². The van der Waals surface area contributed by atoms with Gasteiger partial charge in [0.25, 0.3) is 0 Å². The Labute approximate surface area is 178 Å². The number of nitrogens with one attached hydrogen (secondary N) is 1. The maximum atomic E-state index is 12.4. The first-order chi connectivity index (χ1) is 14.2. The van der Waals surface area contributed by atoms with E-state index in [1.54, 1.807) is 0 Å². The Morgan fingerprint density at radius 1 is 0.931 bits per heavy atom. The van der Waals surface area contributed by atoms with Crippen LogP contribution in [0.25, 0.3) is 0 Å². The third-order valence-corrected chi connectivity index (χ3v) is 6.14. The first-order valence-electron chi connectivity index (χ1n) is 10.5. The Balaban J connectivity index is 1.16. The van der Waals surface area contributed by atoms with Crippen molar-refractivity contribution in [2.45, 2.75) is 6.42 Å². The molecule has 0 bridgehead atoms. The van der Waals surface area contributed by atoms with Gasteiger partial charge in [0.15, 0.2) is 0 Å². The van der Waals surface area contributed by atoms with Crippen LogP contribution < -0.4 is 15.1 Å². The number of hydrogen-bond donors (Lipinski definition) is 1. The monoisotopic (exact) mass is 412 g/mol. The first kappa shape index (κ1) is 20.0. The second kappa shape index (κ2) is 9.51. The number of benzene rings is 2. The van der Waals surface area contributed by atoms with Gasteiger partial charge in [0.05, 0.1) is 6.54 Å². The molecule has 2 saturated heterocycles. The Hall–Kier alpha value is -2.24. The van der Waals surface area contributed by atoms with Crippen molar-refractivity contribution in [2.75, 3.05) is 62.2 Å². The van der Waals surface area contributed by atoms with Crippen LogP contribution >= 0.6 is 11.6 Å². The lowest BCUT2D eigenvalue weighted by Gasteiger charge is -2.35. The summed E-state index contributed by atoms with van der Waals surface area (Å²) >= 11 is 6.10. The van der Waals surface area contributed by atoms with E-state index in [0.29, 0.717) is 12.5 Å². The van der Waals surface area contributed by atoms with E-state index in [1.165, 1.54) is 5.69 Å². The molecular formula is C23H29ClN4O. The third-order valence-electron chi connectivity index (χ3n) is 5.91. The van der Waals surface area contributed by atoms with Gasteiger partial charge in [0, 0.05) is 62.2 Å². The molecule has 2 aromatic rings. The molecule has 2 aromatic carbocycles. The van der Waals surface area contributed by atoms with Crippen LogP contribution in [0.3, 0.4) is 0 Å². The predicted molar refractivity (Wildman–Crippen MR) is 120 cm³/mol. The molecule has 2 fully saturated rings. The second-order valence-electron chi connectivity index (χ2n) is 7.98. The van der Waals surface area contributed by atoms with Crippen LogP contribution in [0, 0.1) is 5.92 Å². The van der Waals surface area contributed by atoms with Crippen LogP contribution in [0.2, 0.25) is 5.02 Å². The van der Waals surface area contributed by atoms with E-state index in [9.17, 15) is 4.79 Å². The van der Waals surface area contributed by atoms with Gasteiger partial charge in [-0.05, 0) is 42.7 Å².